The fourth-order valence-corrected chi connectivity index (χ4v) is 1.42. The van der Waals surface area contributed by atoms with Gasteiger partial charge in [0, 0.05) is 12.7 Å². The van der Waals surface area contributed by atoms with Crippen molar-refractivity contribution < 1.29 is 28.9 Å². The molecule has 0 atom stereocenters. The molecule has 0 bridgehead atoms. The molecule has 1 rings (SSSR count). The molecule has 0 fully saturated rings. The third-order valence-corrected chi connectivity index (χ3v) is 2.14. The van der Waals surface area contributed by atoms with Gasteiger partial charge in [-0.3, -0.25) is 0 Å². The van der Waals surface area contributed by atoms with Gasteiger partial charge in [-0.05, 0) is 26.0 Å². The summed E-state index contributed by atoms with van der Waals surface area (Å²) in [5.41, 5.74) is 0. The largest absolute Gasteiger partial charge is 0.860 e. The smallest absolute Gasteiger partial charge is 0.164 e. The zero-order chi connectivity index (χ0) is 14.1. The second kappa shape index (κ2) is 8.63. The minimum Gasteiger partial charge on any atom is -0.860 e. The fourth-order valence-electron chi connectivity index (χ4n) is 1.42. The van der Waals surface area contributed by atoms with E-state index in [1.807, 2.05) is 13.8 Å². The highest BCUT2D eigenvalue weighted by Crippen LogP contribution is 2.31. The first-order chi connectivity index (χ1) is 9.17. The van der Waals surface area contributed by atoms with Crippen LogP contribution in [0.3, 0.4) is 0 Å². The lowest BCUT2D eigenvalue weighted by Crippen LogP contribution is -2.50. The second-order valence-corrected chi connectivity index (χ2v) is 3.49. The maximum atomic E-state index is 10.4. The Morgan fingerprint density at radius 1 is 1.00 bits per heavy atom. The minimum atomic E-state index is -2.36. The Bertz CT molecular complexity index is 371. The highest BCUT2D eigenvalue weighted by atomic mass is 16.6. The van der Waals surface area contributed by atoms with Gasteiger partial charge >= 0.3 is 0 Å². The summed E-state index contributed by atoms with van der Waals surface area (Å²) in [4.78, 5) is 0. The molecule has 0 heterocycles. The number of hydrogen-bond acceptors (Lipinski definition) is 6. The predicted molar refractivity (Wildman–Crippen MR) is 66.0 cm³/mol. The Morgan fingerprint density at radius 3 is 2.42 bits per heavy atom. The first-order valence-electron chi connectivity index (χ1n) is 6.13. The van der Waals surface area contributed by atoms with E-state index in [9.17, 15) is 10.0 Å². The molecule has 0 saturated heterocycles. The number of rotatable bonds is 9. The molecule has 0 amide bonds. The van der Waals surface area contributed by atoms with Gasteiger partial charge in [0.25, 0.3) is 0 Å². The summed E-state index contributed by atoms with van der Waals surface area (Å²) in [6, 6.07) is 4.54. The van der Waals surface area contributed by atoms with E-state index in [2.05, 4.69) is 4.65 Å². The maximum Gasteiger partial charge on any atom is 0.164 e. The van der Waals surface area contributed by atoms with E-state index in [1.54, 1.807) is 6.07 Å². The van der Waals surface area contributed by atoms with Crippen molar-refractivity contribution in [2.75, 3.05) is 26.4 Å². The van der Waals surface area contributed by atoms with E-state index in [4.69, 9.17) is 14.2 Å². The van der Waals surface area contributed by atoms with Crippen LogP contribution >= 0.6 is 0 Å². The Morgan fingerprint density at radius 2 is 1.79 bits per heavy atom. The zero-order valence-electron chi connectivity index (χ0n) is 11.1. The molecule has 0 aromatic heterocycles. The lowest BCUT2D eigenvalue weighted by atomic mass is 10.2. The predicted octanol–water partition coefficient (Wildman–Crippen LogP) is -0.415. The van der Waals surface area contributed by atoms with Crippen molar-refractivity contribution in [3.05, 3.63) is 18.2 Å². The van der Waals surface area contributed by atoms with Crippen LogP contribution in [0.25, 0.3) is 0 Å². The van der Waals surface area contributed by atoms with Gasteiger partial charge in [0.15, 0.2) is 11.5 Å². The third-order valence-electron chi connectivity index (χ3n) is 2.14. The van der Waals surface area contributed by atoms with Crippen LogP contribution in [0.5, 0.6) is 17.2 Å². The molecule has 0 aliphatic carbocycles. The highest BCUT2D eigenvalue weighted by Gasteiger charge is 2.06. The second-order valence-electron chi connectivity index (χ2n) is 3.49. The molecule has 6 nitrogen and oxygen atoms in total. The number of ether oxygens (including phenoxy) is 3. The SMILES string of the molecule is CCOCCOc1ccc(OB([O-])[O-])cc1OCC. The topological polar surface area (TPSA) is 83.0 Å². The Hall–Kier alpha value is -1.44. The summed E-state index contributed by atoms with van der Waals surface area (Å²) >= 11 is 0. The minimum absolute atomic E-state index is 0.163. The third kappa shape index (κ3) is 5.82. The van der Waals surface area contributed by atoms with Crippen molar-refractivity contribution in [2.24, 2.45) is 0 Å². The molecular formula is C12H17BO6-2. The van der Waals surface area contributed by atoms with Crippen molar-refractivity contribution in [3.63, 3.8) is 0 Å². The molecule has 106 valence electrons. The quantitative estimate of drug-likeness (QED) is 0.447. The van der Waals surface area contributed by atoms with E-state index in [0.717, 1.165) is 0 Å². The van der Waals surface area contributed by atoms with E-state index < -0.39 is 7.32 Å². The number of benzene rings is 1. The van der Waals surface area contributed by atoms with Gasteiger partial charge in [-0.1, -0.05) is 0 Å². The summed E-state index contributed by atoms with van der Waals surface area (Å²) in [6.07, 6.45) is 0. The molecule has 0 aliphatic heterocycles. The van der Waals surface area contributed by atoms with Gasteiger partial charge in [0.1, 0.15) is 13.9 Å². The summed E-state index contributed by atoms with van der Waals surface area (Å²) in [5.74, 6) is 1.11. The maximum absolute atomic E-state index is 10.4. The van der Waals surface area contributed by atoms with Crippen LogP contribution in [-0.2, 0) is 4.74 Å². The van der Waals surface area contributed by atoms with Gasteiger partial charge in [-0.15, -0.1) is 0 Å². The molecular weight excluding hydrogens is 251 g/mol. The van der Waals surface area contributed by atoms with Crippen LogP contribution < -0.4 is 24.2 Å². The molecule has 7 heteroatoms. The first-order valence-corrected chi connectivity index (χ1v) is 6.13. The van der Waals surface area contributed by atoms with Crippen molar-refractivity contribution in [1.29, 1.82) is 0 Å². The fraction of sp³-hybridized carbons (Fsp3) is 0.500. The van der Waals surface area contributed by atoms with Gasteiger partial charge in [0.05, 0.1) is 19.0 Å². The molecule has 0 unspecified atom stereocenters. The Kier molecular flexibility index (Phi) is 7.10. The monoisotopic (exact) mass is 268 g/mol. The molecule has 1 aromatic carbocycles. The molecule has 19 heavy (non-hydrogen) atoms. The normalized spacial score (nSPS) is 10.1. The molecule has 0 saturated carbocycles. The molecule has 0 aliphatic rings. The van der Waals surface area contributed by atoms with E-state index in [1.165, 1.54) is 12.1 Å². The Labute approximate surface area is 113 Å². The average Bonchev–Trinajstić information content (AvgIpc) is 2.36. The zero-order valence-corrected chi connectivity index (χ0v) is 11.1. The van der Waals surface area contributed by atoms with Crippen LogP contribution in [0.2, 0.25) is 0 Å². The highest BCUT2D eigenvalue weighted by molar-refractivity contribution is 6.29. The van der Waals surface area contributed by atoms with Crippen LogP contribution in [0.4, 0.5) is 0 Å². The van der Waals surface area contributed by atoms with Crippen LogP contribution in [0.15, 0.2) is 18.2 Å². The van der Waals surface area contributed by atoms with Crippen LogP contribution in [-0.4, -0.2) is 33.7 Å². The molecule has 1 aromatic rings. The molecule has 0 spiro atoms. The molecule has 0 N–H and O–H groups in total. The van der Waals surface area contributed by atoms with Crippen molar-refractivity contribution >= 4 is 7.32 Å². The average molecular weight is 268 g/mol. The molecule has 0 radical (unpaired) electrons. The van der Waals surface area contributed by atoms with E-state index >= 15 is 0 Å². The van der Waals surface area contributed by atoms with Gasteiger partial charge in [0.2, 0.25) is 0 Å². The lowest BCUT2D eigenvalue weighted by molar-refractivity contribution is -0.372. The van der Waals surface area contributed by atoms with E-state index in [-0.39, 0.29) is 5.75 Å². The summed E-state index contributed by atoms with van der Waals surface area (Å²) in [7, 11) is -2.36. The summed E-state index contributed by atoms with van der Waals surface area (Å²) < 4.78 is 20.5. The van der Waals surface area contributed by atoms with Crippen LogP contribution in [0.1, 0.15) is 13.8 Å². The lowest BCUT2D eigenvalue weighted by Gasteiger charge is -2.27. The van der Waals surface area contributed by atoms with Gasteiger partial charge < -0.3 is 28.9 Å². The van der Waals surface area contributed by atoms with Gasteiger partial charge in [-0.2, -0.15) is 0 Å². The van der Waals surface area contributed by atoms with Crippen molar-refractivity contribution in [3.8, 4) is 17.2 Å². The first kappa shape index (κ1) is 15.6. The standard InChI is InChI=1S/C12H17BO6/c1-3-16-7-8-18-11-6-5-10(19-13(14)15)9-12(11)17-4-2/h5-6,9H,3-4,7-8H2,1-2H3/q-2. The summed E-state index contributed by atoms with van der Waals surface area (Å²) in [5, 5.41) is 20.9. The van der Waals surface area contributed by atoms with Crippen molar-refractivity contribution in [2.45, 2.75) is 13.8 Å². The Balaban J connectivity index is 2.67. The number of hydrogen-bond donors (Lipinski definition) is 0. The van der Waals surface area contributed by atoms with Gasteiger partial charge in [-0.25, -0.2) is 0 Å². The van der Waals surface area contributed by atoms with Crippen LogP contribution in [0, 0.1) is 0 Å². The summed E-state index contributed by atoms with van der Waals surface area (Å²) in [6.45, 7) is 5.65. The van der Waals surface area contributed by atoms with E-state index in [0.29, 0.717) is 37.9 Å². The van der Waals surface area contributed by atoms with Crippen molar-refractivity contribution in [1.82, 2.24) is 0 Å².